The van der Waals surface area contributed by atoms with E-state index in [1.165, 1.54) is 23.1 Å². The second-order valence-electron chi connectivity index (χ2n) is 4.37. The number of amides is 1. The molecule has 1 heterocycles. The number of hydrogen-bond acceptors (Lipinski definition) is 6. The van der Waals surface area contributed by atoms with Crippen molar-refractivity contribution < 1.29 is 4.79 Å². The van der Waals surface area contributed by atoms with Crippen LogP contribution in [0.15, 0.2) is 26.9 Å². The molecule has 1 amide bonds. The molecule has 2 aromatic rings. The van der Waals surface area contributed by atoms with Gasteiger partial charge in [0.15, 0.2) is 8.68 Å². The molecule has 0 saturated heterocycles. The number of aromatic nitrogens is 2. The number of benzene rings is 1. The zero-order valence-corrected chi connectivity index (χ0v) is 14.6. The molecule has 1 N–H and O–H groups in total. The Hall–Kier alpha value is -1.05. The molecule has 112 valence electrons. The predicted molar refractivity (Wildman–Crippen MR) is 91.6 cm³/mol. The molecule has 0 aliphatic carbocycles. The van der Waals surface area contributed by atoms with Crippen molar-refractivity contribution in [2.45, 2.75) is 29.5 Å². The molecule has 0 atom stereocenters. The van der Waals surface area contributed by atoms with Gasteiger partial charge in [-0.25, -0.2) is 0 Å². The number of thioether (sulfide) groups is 2. The van der Waals surface area contributed by atoms with Crippen molar-refractivity contribution in [3.8, 4) is 0 Å². The Morgan fingerprint density at radius 1 is 1.19 bits per heavy atom. The fourth-order valence-electron chi connectivity index (χ4n) is 1.75. The lowest BCUT2D eigenvalue weighted by Crippen LogP contribution is -2.15. The monoisotopic (exact) mass is 339 g/mol. The van der Waals surface area contributed by atoms with E-state index in [4.69, 9.17) is 0 Å². The minimum absolute atomic E-state index is 0.0164. The van der Waals surface area contributed by atoms with Crippen LogP contribution in [-0.4, -0.2) is 27.6 Å². The van der Waals surface area contributed by atoms with Gasteiger partial charge < -0.3 is 5.32 Å². The van der Waals surface area contributed by atoms with Crippen molar-refractivity contribution >= 4 is 46.5 Å². The third-order valence-corrected chi connectivity index (χ3v) is 5.80. The lowest BCUT2D eigenvalue weighted by Gasteiger charge is -2.10. The molecular formula is C14H17N3OS3. The topological polar surface area (TPSA) is 54.9 Å². The maximum atomic E-state index is 12.0. The molecular weight excluding hydrogens is 322 g/mol. The number of aryl methyl sites for hydroxylation is 2. The van der Waals surface area contributed by atoms with Gasteiger partial charge in [0, 0.05) is 5.69 Å². The summed E-state index contributed by atoms with van der Waals surface area (Å²) in [4.78, 5) is 12.0. The smallest absolute Gasteiger partial charge is 0.234 e. The normalized spacial score (nSPS) is 10.6. The van der Waals surface area contributed by atoms with E-state index in [1.54, 1.807) is 11.8 Å². The van der Waals surface area contributed by atoms with E-state index in [9.17, 15) is 4.79 Å². The van der Waals surface area contributed by atoms with Crippen LogP contribution in [0.2, 0.25) is 0 Å². The van der Waals surface area contributed by atoms with Gasteiger partial charge in [0.25, 0.3) is 0 Å². The SMILES string of the molecule is CCSc1nnc(SCC(=O)Nc2c(C)cccc2C)s1. The Morgan fingerprint density at radius 3 is 2.43 bits per heavy atom. The summed E-state index contributed by atoms with van der Waals surface area (Å²) in [5.41, 5.74) is 3.05. The van der Waals surface area contributed by atoms with E-state index >= 15 is 0 Å². The second kappa shape index (κ2) is 7.82. The fraction of sp³-hybridized carbons (Fsp3) is 0.357. The van der Waals surface area contributed by atoms with Crippen LogP contribution in [-0.2, 0) is 4.79 Å². The summed E-state index contributed by atoms with van der Waals surface area (Å²) < 4.78 is 1.79. The van der Waals surface area contributed by atoms with Gasteiger partial charge in [-0.2, -0.15) is 0 Å². The number of carbonyl (C=O) groups is 1. The molecule has 7 heteroatoms. The van der Waals surface area contributed by atoms with Crippen molar-refractivity contribution in [3.63, 3.8) is 0 Å². The lowest BCUT2D eigenvalue weighted by molar-refractivity contribution is -0.113. The molecule has 1 aromatic heterocycles. The summed E-state index contributed by atoms with van der Waals surface area (Å²) in [5, 5.41) is 11.1. The molecule has 4 nitrogen and oxygen atoms in total. The van der Waals surface area contributed by atoms with Crippen molar-refractivity contribution in [1.29, 1.82) is 0 Å². The summed E-state index contributed by atoms with van der Waals surface area (Å²) in [5.74, 6) is 1.31. The molecule has 0 unspecified atom stereocenters. The number of nitrogens with one attached hydrogen (secondary N) is 1. The van der Waals surface area contributed by atoms with Crippen LogP contribution in [0.1, 0.15) is 18.1 Å². The summed E-state index contributed by atoms with van der Waals surface area (Å²) >= 11 is 4.63. The number of anilines is 1. The number of nitrogens with zero attached hydrogens (tertiary/aromatic N) is 2. The largest absolute Gasteiger partial charge is 0.325 e. The van der Waals surface area contributed by atoms with E-state index in [0.29, 0.717) is 5.75 Å². The maximum absolute atomic E-state index is 12.0. The van der Waals surface area contributed by atoms with Gasteiger partial charge in [-0.3, -0.25) is 4.79 Å². The highest BCUT2D eigenvalue weighted by molar-refractivity contribution is 8.03. The quantitative estimate of drug-likeness (QED) is 0.806. The van der Waals surface area contributed by atoms with Crippen LogP contribution in [0.5, 0.6) is 0 Å². The van der Waals surface area contributed by atoms with Crippen molar-refractivity contribution in [3.05, 3.63) is 29.3 Å². The number of para-hydroxylation sites is 1. The zero-order chi connectivity index (χ0) is 15.2. The molecule has 0 bridgehead atoms. The highest BCUT2D eigenvalue weighted by atomic mass is 32.2. The molecule has 0 spiro atoms. The standard InChI is InChI=1S/C14H17N3OS3/c1-4-19-13-16-17-14(21-13)20-8-11(18)15-12-9(2)6-5-7-10(12)3/h5-7H,4,8H2,1-3H3,(H,15,18). The first-order valence-electron chi connectivity index (χ1n) is 6.55. The molecule has 1 aromatic carbocycles. The van der Waals surface area contributed by atoms with Crippen LogP contribution < -0.4 is 5.32 Å². The van der Waals surface area contributed by atoms with Crippen molar-refractivity contribution in [2.24, 2.45) is 0 Å². The summed E-state index contributed by atoms with van der Waals surface area (Å²) in [6.45, 7) is 6.07. The van der Waals surface area contributed by atoms with E-state index in [2.05, 4.69) is 22.4 Å². The molecule has 2 rings (SSSR count). The Labute approximate surface area is 137 Å². The van der Waals surface area contributed by atoms with Gasteiger partial charge in [-0.15, -0.1) is 10.2 Å². The zero-order valence-electron chi connectivity index (χ0n) is 12.2. The molecule has 0 aliphatic heterocycles. The Balaban J connectivity index is 1.90. The molecule has 0 fully saturated rings. The summed E-state index contributed by atoms with van der Waals surface area (Å²) in [6, 6.07) is 5.98. The van der Waals surface area contributed by atoms with Gasteiger partial charge in [0.05, 0.1) is 5.75 Å². The lowest BCUT2D eigenvalue weighted by atomic mass is 10.1. The maximum Gasteiger partial charge on any atom is 0.234 e. The second-order valence-corrected chi connectivity index (χ2v) is 8.08. The Kier molecular flexibility index (Phi) is 6.08. The first-order valence-corrected chi connectivity index (χ1v) is 9.34. The van der Waals surface area contributed by atoms with Gasteiger partial charge in [0.1, 0.15) is 0 Å². The van der Waals surface area contributed by atoms with Crippen molar-refractivity contribution in [1.82, 2.24) is 10.2 Å². The fourth-order valence-corrected chi connectivity index (χ4v) is 4.47. The summed E-state index contributed by atoms with van der Waals surface area (Å²) in [6.07, 6.45) is 0. The van der Waals surface area contributed by atoms with E-state index in [0.717, 1.165) is 31.2 Å². The van der Waals surface area contributed by atoms with Gasteiger partial charge in [-0.05, 0) is 30.7 Å². The van der Waals surface area contributed by atoms with Crippen LogP contribution in [0.25, 0.3) is 0 Å². The number of rotatable bonds is 6. The molecule has 0 radical (unpaired) electrons. The summed E-state index contributed by atoms with van der Waals surface area (Å²) in [7, 11) is 0. The van der Waals surface area contributed by atoms with Crippen LogP contribution >= 0.6 is 34.9 Å². The minimum Gasteiger partial charge on any atom is -0.325 e. The number of hydrogen-bond donors (Lipinski definition) is 1. The van der Waals surface area contributed by atoms with Gasteiger partial charge in [-0.1, -0.05) is 60.0 Å². The first-order chi connectivity index (χ1) is 10.1. The highest BCUT2D eigenvalue weighted by Gasteiger charge is 2.10. The minimum atomic E-state index is -0.0164. The van der Waals surface area contributed by atoms with E-state index in [1.807, 2.05) is 32.0 Å². The Bertz CT molecular complexity index is 607. The van der Waals surface area contributed by atoms with Gasteiger partial charge in [0.2, 0.25) is 5.91 Å². The van der Waals surface area contributed by atoms with Crippen LogP contribution in [0.4, 0.5) is 5.69 Å². The number of carbonyl (C=O) groups excluding carboxylic acids is 1. The highest BCUT2D eigenvalue weighted by Crippen LogP contribution is 2.28. The van der Waals surface area contributed by atoms with E-state index < -0.39 is 0 Å². The molecule has 0 saturated carbocycles. The Morgan fingerprint density at radius 2 is 1.81 bits per heavy atom. The third-order valence-electron chi connectivity index (χ3n) is 2.73. The van der Waals surface area contributed by atoms with Crippen LogP contribution in [0.3, 0.4) is 0 Å². The van der Waals surface area contributed by atoms with Crippen LogP contribution in [0, 0.1) is 13.8 Å². The molecule has 21 heavy (non-hydrogen) atoms. The first kappa shape index (κ1) is 16.3. The van der Waals surface area contributed by atoms with Gasteiger partial charge >= 0.3 is 0 Å². The predicted octanol–water partition coefficient (Wildman–Crippen LogP) is 4.00. The average Bonchev–Trinajstić information content (AvgIpc) is 2.89. The van der Waals surface area contributed by atoms with E-state index in [-0.39, 0.29) is 5.91 Å². The average molecular weight is 340 g/mol. The molecule has 0 aliphatic rings. The van der Waals surface area contributed by atoms with Crippen molar-refractivity contribution in [2.75, 3.05) is 16.8 Å². The third kappa shape index (κ3) is 4.72.